The molecule has 1 saturated carbocycles. The van der Waals surface area contributed by atoms with Gasteiger partial charge in [-0.3, -0.25) is 4.79 Å². The van der Waals surface area contributed by atoms with Crippen LogP contribution in [0.5, 0.6) is 0 Å². The Hall–Kier alpha value is -1.31. The van der Waals surface area contributed by atoms with Gasteiger partial charge in [-0.15, -0.1) is 0 Å². The van der Waals surface area contributed by atoms with E-state index < -0.39 is 0 Å². The van der Waals surface area contributed by atoms with E-state index in [0.717, 1.165) is 32.1 Å². The van der Waals surface area contributed by atoms with Crippen molar-refractivity contribution < 1.29 is 9.53 Å². The average Bonchev–Trinajstić information content (AvgIpc) is 3.39. The summed E-state index contributed by atoms with van der Waals surface area (Å²) in [7, 11) is 0. The number of carbonyl (C=O) groups excluding carboxylic acids is 1. The zero-order valence-corrected chi connectivity index (χ0v) is 19.0. The van der Waals surface area contributed by atoms with Gasteiger partial charge in [0.05, 0.1) is 0 Å². The highest BCUT2D eigenvalue weighted by atomic mass is 16.5. The summed E-state index contributed by atoms with van der Waals surface area (Å²) in [6.07, 6.45) is 14.5. The summed E-state index contributed by atoms with van der Waals surface area (Å²) in [4.78, 5) is 10.6. The predicted octanol–water partition coefficient (Wildman–Crippen LogP) is 7.26. The van der Waals surface area contributed by atoms with E-state index in [-0.39, 0.29) is 5.60 Å². The van der Waals surface area contributed by atoms with Crippen molar-refractivity contribution in [2.45, 2.75) is 117 Å². The molecule has 0 bridgehead atoms. The summed E-state index contributed by atoms with van der Waals surface area (Å²) in [5, 5.41) is 0. The van der Waals surface area contributed by atoms with Crippen molar-refractivity contribution >= 4 is 6.47 Å². The van der Waals surface area contributed by atoms with E-state index in [0.29, 0.717) is 11.9 Å². The van der Waals surface area contributed by atoms with E-state index in [9.17, 15) is 4.79 Å². The zero-order chi connectivity index (χ0) is 20.6. The van der Waals surface area contributed by atoms with E-state index in [2.05, 4.69) is 46.8 Å². The van der Waals surface area contributed by atoms with Gasteiger partial charge < -0.3 is 4.74 Å². The van der Waals surface area contributed by atoms with Crippen LogP contribution in [0, 0.1) is 19.3 Å². The molecular weight excluding hydrogens is 344 g/mol. The van der Waals surface area contributed by atoms with Gasteiger partial charge in [-0.1, -0.05) is 52.2 Å². The van der Waals surface area contributed by atoms with Crippen molar-refractivity contribution in [2.24, 2.45) is 5.41 Å². The van der Waals surface area contributed by atoms with Crippen molar-refractivity contribution in [1.82, 2.24) is 0 Å². The first-order chi connectivity index (χ1) is 13.3. The minimum atomic E-state index is -0.0938. The number of carbonyl (C=O) groups is 1. The Morgan fingerprint density at radius 1 is 0.893 bits per heavy atom. The lowest BCUT2D eigenvalue weighted by atomic mass is 9.89. The third-order valence-electron chi connectivity index (χ3n) is 6.57. The molecule has 0 atom stereocenters. The molecule has 0 amide bonds. The van der Waals surface area contributed by atoms with Gasteiger partial charge in [0, 0.05) is 0 Å². The van der Waals surface area contributed by atoms with Gasteiger partial charge in [0.2, 0.25) is 0 Å². The molecule has 0 aromatic heterocycles. The maximum Gasteiger partial charge on any atom is 0.293 e. The van der Waals surface area contributed by atoms with Crippen molar-refractivity contribution in [2.75, 3.05) is 0 Å². The fourth-order valence-corrected chi connectivity index (χ4v) is 4.23. The second kappa shape index (κ2) is 10.5. The van der Waals surface area contributed by atoms with Gasteiger partial charge in [-0.25, -0.2) is 0 Å². The summed E-state index contributed by atoms with van der Waals surface area (Å²) in [5.41, 5.74) is 6.39. The lowest BCUT2D eigenvalue weighted by Crippen LogP contribution is -2.12. The van der Waals surface area contributed by atoms with E-state index in [1.54, 1.807) is 0 Å². The molecule has 0 saturated heterocycles. The molecule has 2 rings (SSSR count). The number of ether oxygens (including phenoxy) is 1. The van der Waals surface area contributed by atoms with Crippen molar-refractivity contribution in [3.05, 3.63) is 34.4 Å². The largest absolute Gasteiger partial charge is 0.461 e. The van der Waals surface area contributed by atoms with E-state index >= 15 is 0 Å². The Morgan fingerprint density at radius 2 is 1.43 bits per heavy atom. The molecule has 158 valence electrons. The molecule has 28 heavy (non-hydrogen) atoms. The van der Waals surface area contributed by atoms with Gasteiger partial charge >= 0.3 is 0 Å². The zero-order valence-electron chi connectivity index (χ0n) is 19.0. The fourth-order valence-electron chi connectivity index (χ4n) is 4.23. The second-order valence-electron chi connectivity index (χ2n) is 10.2. The van der Waals surface area contributed by atoms with Crippen LogP contribution in [0.2, 0.25) is 0 Å². The van der Waals surface area contributed by atoms with Crippen molar-refractivity contribution in [3.63, 3.8) is 0 Å². The molecule has 2 nitrogen and oxygen atoms in total. The van der Waals surface area contributed by atoms with E-state index in [1.165, 1.54) is 67.2 Å². The Bertz CT molecular complexity index is 620. The summed E-state index contributed by atoms with van der Waals surface area (Å²) in [5.74, 6) is 0. The van der Waals surface area contributed by atoms with Gasteiger partial charge in [-0.2, -0.15) is 0 Å². The predicted molar refractivity (Wildman–Crippen MR) is 119 cm³/mol. The van der Waals surface area contributed by atoms with Crippen LogP contribution < -0.4 is 0 Å². The van der Waals surface area contributed by atoms with E-state index in [1.807, 2.05) is 0 Å². The normalized spacial score (nSPS) is 15.5. The molecule has 1 aromatic rings. The van der Waals surface area contributed by atoms with Crippen LogP contribution in [0.15, 0.2) is 12.1 Å². The van der Waals surface area contributed by atoms with E-state index in [4.69, 9.17) is 4.74 Å². The molecule has 1 fully saturated rings. The van der Waals surface area contributed by atoms with Gasteiger partial charge in [0.15, 0.2) is 0 Å². The lowest BCUT2D eigenvalue weighted by Gasteiger charge is -2.17. The number of benzene rings is 1. The number of unbranched alkanes of at least 4 members (excludes halogenated alkanes) is 4. The first-order valence-corrected chi connectivity index (χ1v) is 11.5. The highest BCUT2D eigenvalue weighted by Crippen LogP contribution is 2.43. The molecule has 0 aliphatic heterocycles. The maximum atomic E-state index is 10.6. The minimum Gasteiger partial charge on any atom is -0.461 e. The van der Waals surface area contributed by atoms with Gasteiger partial charge in [0.1, 0.15) is 5.60 Å². The Kier molecular flexibility index (Phi) is 8.58. The van der Waals surface area contributed by atoms with Crippen molar-refractivity contribution in [1.29, 1.82) is 0 Å². The summed E-state index contributed by atoms with van der Waals surface area (Å²) in [6, 6.07) is 4.72. The monoisotopic (exact) mass is 386 g/mol. The molecule has 0 N–H and O–H groups in total. The van der Waals surface area contributed by atoms with Gasteiger partial charge in [-0.05, 0) is 99.3 Å². The first-order valence-electron chi connectivity index (χ1n) is 11.5. The summed E-state index contributed by atoms with van der Waals surface area (Å²) >= 11 is 0. The standard InChI is InChI=1S/C26H42O2/c1-21-22(2)24(13-9-11-17-26(18-19-26)28-20-27)15-14-23(21)12-8-6-7-10-16-25(3,4)5/h14-15,20H,6-13,16-19H2,1-5H3. The number of rotatable bonds is 13. The molecule has 2 heteroatoms. The smallest absolute Gasteiger partial charge is 0.293 e. The SMILES string of the molecule is Cc1c(CCCCCCC(C)(C)C)ccc(CCCCC2(OC=O)CC2)c1C. The Balaban J connectivity index is 1.70. The highest BCUT2D eigenvalue weighted by molar-refractivity contribution is 5.40. The van der Waals surface area contributed by atoms with Crippen LogP contribution in [0.3, 0.4) is 0 Å². The average molecular weight is 387 g/mol. The Morgan fingerprint density at radius 3 is 1.93 bits per heavy atom. The quantitative estimate of drug-likeness (QED) is 0.263. The number of hydrogen-bond donors (Lipinski definition) is 0. The fraction of sp³-hybridized carbons (Fsp3) is 0.731. The second-order valence-corrected chi connectivity index (χ2v) is 10.2. The van der Waals surface area contributed by atoms with Crippen LogP contribution in [-0.4, -0.2) is 12.1 Å². The van der Waals surface area contributed by atoms with Crippen LogP contribution in [-0.2, 0) is 22.4 Å². The van der Waals surface area contributed by atoms with Crippen molar-refractivity contribution in [3.8, 4) is 0 Å². The third kappa shape index (κ3) is 7.60. The van der Waals surface area contributed by atoms with Crippen LogP contribution in [0.25, 0.3) is 0 Å². The van der Waals surface area contributed by atoms with Crippen LogP contribution >= 0.6 is 0 Å². The van der Waals surface area contributed by atoms with Crippen LogP contribution in [0.4, 0.5) is 0 Å². The maximum absolute atomic E-state index is 10.6. The lowest BCUT2D eigenvalue weighted by molar-refractivity contribution is -0.135. The molecule has 0 unspecified atom stereocenters. The molecule has 0 radical (unpaired) electrons. The highest BCUT2D eigenvalue weighted by Gasteiger charge is 2.44. The van der Waals surface area contributed by atoms with Gasteiger partial charge in [0.25, 0.3) is 6.47 Å². The minimum absolute atomic E-state index is 0.0938. The molecule has 1 aromatic carbocycles. The number of hydrogen-bond acceptors (Lipinski definition) is 2. The molecule has 1 aliphatic carbocycles. The topological polar surface area (TPSA) is 26.3 Å². The summed E-state index contributed by atoms with van der Waals surface area (Å²) in [6.45, 7) is 12.2. The molecule has 1 aliphatic rings. The third-order valence-corrected chi connectivity index (χ3v) is 6.57. The Labute approximate surface area is 173 Å². The van der Waals surface area contributed by atoms with Crippen LogP contribution in [0.1, 0.15) is 107 Å². The number of aryl methyl sites for hydroxylation is 2. The molecular formula is C26H42O2. The molecule has 0 heterocycles. The first kappa shape index (κ1) is 23.0. The summed E-state index contributed by atoms with van der Waals surface area (Å²) < 4.78 is 5.25. The molecule has 0 spiro atoms.